The maximum absolute atomic E-state index is 12.6. The van der Waals surface area contributed by atoms with Crippen molar-refractivity contribution in [1.82, 2.24) is 9.88 Å². The molecule has 1 aromatic rings. The van der Waals surface area contributed by atoms with Crippen molar-refractivity contribution in [3.05, 3.63) is 4.88 Å². The van der Waals surface area contributed by atoms with Gasteiger partial charge in [-0.15, -0.1) is 0 Å². The molecule has 2 unspecified atom stereocenters. The quantitative estimate of drug-likeness (QED) is 0.784. The van der Waals surface area contributed by atoms with Crippen molar-refractivity contribution < 1.29 is 9.90 Å². The van der Waals surface area contributed by atoms with Crippen LogP contribution in [0.25, 0.3) is 0 Å². The van der Waals surface area contributed by atoms with Crippen LogP contribution in [0.5, 0.6) is 0 Å². The second-order valence-electron chi connectivity index (χ2n) is 6.02. The molecule has 1 saturated carbocycles. The maximum atomic E-state index is 12.6. The summed E-state index contributed by atoms with van der Waals surface area (Å²) in [5.74, 6) is 0.513. The smallest absolute Gasteiger partial charge is 0.268 e. The SMILES string of the molecule is CC1CCN(C(=O)c2sc(NC3CCC3)nc2N)C1CO. The van der Waals surface area contributed by atoms with Gasteiger partial charge in [-0.3, -0.25) is 4.79 Å². The second kappa shape index (κ2) is 5.81. The van der Waals surface area contributed by atoms with Gasteiger partial charge in [0.1, 0.15) is 10.7 Å². The molecule has 1 aliphatic heterocycles. The average Bonchev–Trinajstić information content (AvgIpc) is 2.96. The van der Waals surface area contributed by atoms with Gasteiger partial charge in [0.2, 0.25) is 0 Å². The van der Waals surface area contributed by atoms with E-state index in [1.807, 2.05) is 0 Å². The molecule has 1 aliphatic carbocycles. The third-order valence-electron chi connectivity index (χ3n) is 4.61. The summed E-state index contributed by atoms with van der Waals surface area (Å²) < 4.78 is 0. The van der Waals surface area contributed by atoms with E-state index in [2.05, 4.69) is 17.2 Å². The van der Waals surface area contributed by atoms with Crippen LogP contribution in [-0.4, -0.2) is 46.1 Å². The first-order valence-corrected chi connectivity index (χ1v) is 8.36. The Hall–Kier alpha value is -1.34. The predicted molar refractivity (Wildman–Crippen MR) is 83.5 cm³/mol. The third kappa shape index (κ3) is 2.72. The van der Waals surface area contributed by atoms with E-state index in [1.54, 1.807) is 4.90 Å². The standard InChI is InChI=1S/C14H22N4O2S/c1-8-5-6-18(10(8)7-19)13(20)11-12(15)17-14(21-11)16-9-3-2-4-9/h8-10,19H,2-7,15H2,1H3,(H,16,17). The summed E-state index contributed by atoms with van der Waals surface area (Å²) >= 11 is 1.33. The summed E-state index contributed by atoms with van der Waals surface area (Å²) in [5, 5.41) is 13.5. The van der Waals surface area contributed by atoms with Crippen molar-refractivity contribution in [2.24, 2.45) is 5.92 Å². The first kappa shape index (κ1) is 14.6. The minimum atomic E-state index is -0.109. The largest absolute Gasteiger partial charge is 0.394 e. The molecule has 1 saturated heterocycles. The number of nitrogens with zero attached hydrogens (tertiary/aromatic N) is 2. The fraction of sp³-hybridized carbons (Fsp3) is 0.714. The van der Waals surface area contributed by atoms with Crippen LogP contribution in [0.3, 0.4) is 0 Å². The van der Waals surface area contributed by atoms with E-state index in [1.165, 1.54) is 17.8 Å². The first-order valence-electron chi connectivity index (χ1n) is 7.54. The van der Waals surface area contributed by atoms with E-state index in [-0.39, 0.29) is 18.6 Å². The number of anilines is 2. The summed E-state index contributed by atoms with van der Waals surface area (Å²) in [6.07, 6.45) is 4.47. The molecule has 3 rings (SSSR count). The molecular formula is C14H22N4O2S. The number of rotatable bonds is 4. The molecule has 0 radical (unpaired) electrons. The van der Waals surface area contributed by atoms with E-state index in [0.717, 1.165) is 24.4 Å². The second-order valence-corrected chi connectivity index (χ2v) is 7.02. The number of nitrogen functional groups attached to an aromatic ring is 1. The van der Waals surface area contributed by atoms with Crippen molar-refractivity contribution >= 4 is 28.2 Å². The molecular weight excluding hydrogens is 288 g/mol. The number of amides is 1. The van der Waals surface area contributed by atoms with Crippen molar-refractivity contribution in [2.45, 2.75) is 44.7 Å². The van der Waals surface area contributed by atoms with Crippen molar-refractivity contribution in [3.8, 4) is 0 Å². The van der Waals surface area contributed by atoms with Gasteiger partial charge < -0.3 is 21.1 Å². The summed E-state index contributed by atoms with van der Waals surface area (Å²) in [7, 11) is 0. The Labute approximate surface area is 128 Å². The lowest BCUT2D eigenvalue weighted by Crippen LogP contribution is -2.39. The molecule has 116 valence electrons. The van der Waals surface area contributed by atoms with Crippen molar-refractivity contribution in [2.75, 3.05) is 24.2 Å². The molecule has 6 nitrogen and oxygen atoms in total. The van der Waals surface area contributed by atoms with Crippen LogP contribution in [-0.2, 0) is 0 Å². The number of nitrogens with one attached hydrogen (secondary N) is 1. The topological polar surface area (TPSA) is 91.5 Å². The monoisotopic (exact) mass is 310 g/mol. The van der Waals surface area contributed by atoms with Crippen LogP contribution in [0.1, 0.15) is 42.3 Å². The third-order valence-corrected chi connectivity index (χ3v) is 5.60. The normalized spacial score (nSPS) is 25.9. The first-order chi connectivity index (χ1) is 10.1. The number of thiazole rings is 1. The van der Waals surface area contributed by atoms with Crippen LogP contribution in [0.15, 0.2) is 0 Å². The highest BCUT2D eigenvalue weighted by molar-refractivity contribution is 7.18. The van der Waals surface area contributed by atoms with Gasteiger partial charge in [0.15, 0.2) is 5.13 Å². The fourth-order valence-electron chi connectivity index (χ4n) is 2.94. The van der Waals surface area contributed by atoms with Gasteiger partial charge in [0, 0.05) is 12.6 Å². The van der Waals surface area contributed by atoms with Gasteiger partial charge in [-0.25, -0.2) is 4.98 Å². The lowest BCUT2D eigenvalue weighted by molar-refractivity contribution is 0.0654. The van der Waals surface area contributed by atoms with Gasteiger partial charge >= 0.3 is 0 Å². The molecule has 0 aromatic carbocycles. The fourth-order valence-corrected chi connectivity index (χ4v) is 3.86. The number of aromatic nitrogens is 1. The Balaban J connectivity index is 1.74. The Morgan fingerprint density at radius 2 is 2.29 bits per heavy atom. The van der Waals surface area contributed by atoms with E-state index in [9.17, 15) is 9.90 Å². The minimum absolute atomic E-state index is 0.00119. The molecule has 4 N–H and O–H groups in total. The number of aliphatic hydroxyl groups is 1. The number of nitrogens with two attached hydrogens (primary N) is 1. The average molecular weight is 310 g/mol. The molecule has 21 heavy (non-hydrogen) atoms. The molecule has 1 aromatic heterocycles. The molecule has 2 atom stereocenters. The predicted octanol–water partition coefficient (Wildman–Crippen LogP) is 1.53. The van der Waals surface area contributed by atoms with E-state index >= 15 is 0 Å². The zero-order valence-corrected chi connectivity index (χ0v) is 13.0. The van der Waals surface area contributed by atoms with Crippen LogP contribution in [0, 0.1) is 5.92 Å². The molecule has 0 bridgehead atoms. The Morgan fingerprint density at radius 3 is 2.90 bits per heavy atom. The van der Waals surface area contributed by atoms with Crippen molar-refractivity contribution in [3.63, 3.8) is 0 Å². The molecule has 2 aliphatic rings. The van der Waals surface area contributed by atoms with Crippen LogP contribution in [0.2, 0.25) is 0 Å². The number of likely N-dealkylation sites (tertiary alicyclic amines) is 1. The number of carbonyl (C=O) groups excluding carboxylic acids is 1. The van der Waals surface area contributed by atoms with Crippen molar-refractivity contribution in [1.29, 1.82) is 0 Å². The molecule has 1 amide bonds. The Morgan fingerprint density at radius 1 is 1.52 bits per heavy atom. The molecule has 0 spiro atoms. The highest BCUT2D eigenvalue weighted by Gasteiger charge is 2.36. The van der Waals surface area contributed by atoms with Gasteiger partial charge in [0.25, 0.3) is 5.91 Å². The van der Waals surface area contributed by atoms with Gasteiger partial charge in [0.05, 0.1) is 12.6 Å². The van der Waals surface area contributed by atoms with Gasteiger partial charge in [-0.2, -0.15) is 0 Å². The zero-order chi connectivity index (χ0) is 15.0. The van der Waals surface area contributed by atoms with E-state index in [0.29, 0.717) is 29.2 Å². The minimum Gasteiger partial charge on any atom is -0.394 e. The van der Waals surface area contributed by atoms with Gasteiger partial charge in [-0.05, 0) is 31.6 Å². The molecule has 2 fully saturated rings. The molecule has 7 heteroatoms. The van der Waals surface area contributed by atoms with Crippen LogP contribution < -0.4 is 11.1 Å². The maximum Gasteiger partial charge on any atom is 0.268 e. The summed E-state index contributed by atoms with van der Waals surface area (Å²) in [4.78, 5) is 19.1. The lowest BCUT2D eigenvalue weighted by Gasteiger charge is -2.26. The lowest BCUT2D eigenvalue weighted by atomic mass is 9.93. The Kier molecular flexibility index (Phi) is 4.03. The van der Waals surface area contributed by atoms with Crippen LogP contribution >= 0.6 is 11.3 Å². The summed E-state index contributed by atoms with van der Waals surface area (Å²) in [5.41, 5.74) is 5.92. The summed E-state index contributed by atoms with van der Waals surface area (Å²) in [6, 6.07) is 0.359. The Bertz CT molecular complexity index is 529. The number of aliphatic hydroxyl groups excluding tert-OH is 1. The van der Waals surface area contributed by atoms with E-state index < -0.39 is 0 Å². The highest BCUT2D eigenvalue weighted by atomic mass is 32.1. The zero-order valence-electron chi connectivity index (χ0n) is 12.2. The number of hydrogen-bond acceptors (Lipinski definition) is 6. The number of hydrogen-bond donors (Lipinski definition) is 3. The summed E-state index contributed by atoms with van der Waals surface area (Å²) in [6.45, 7) is 2.74. The van der Waals surface area contributed by atoms with E-state index in [4.69, 9.17) is 5.73 Å². The number of carbonyl (C=O) groups is 1. The van der Waals surface area contributed by atoms with Crippen LogP contribution in [0.4, 0.5) is 10.9 Å². The highest BCUT2D eigenvalue weighted by Crippen LogP contribution is 2.33. The molecule has 2 heterocycles. The van der Waals surface area contributed by atoms with Gasteiger partial charge in [-0.1, -0.05) is 18.3 Å².